The van der Waals surface area contributed by atoms with Crippen LogP contribution in [0.4, 0.5) is 0 Å². The number of benzene rings is 1. The summed E-state index contributed by atoms with van der Waals surface area (Å²) in [4.78, 5) is 36.2. The highest BCUT2D eigenvalue weighted by molar-refractivity contribution is 6.01. The molecule has 186 valence electrons. The van der Waals surface area contributed by atoms with Crippen molar-refractivity contribution >= 4 is 22.5 Å². The van der Waals surface area contributed by atoms with E-state index in [1.165, 1.54) is 0 Å². The number of aryl methyl sites for hydroxylation is 2. The number of hydrogen-bond donors (Lipinski definition) is 1. The minimum Gasteiger partial charge on any atom is -0.342 e. The minimum atomic E-state index is -0.560. The standard InChI is InChI=1S/C27H26N8O2/c1-16(2)35-24(18(4)30-26(36)22-17(3)32-34-13-7-12-28-25(22)34)31-21-9-6-8-20(23(21)27(35)37)11-10-19-14-29-33(5)15-19/h6-9,12-16,18H,1-5H3,(H,30,36). The van der Waals surface area contributed by atoms with Gasteiger partial charge in [0, 0.05) is 37.2 Å². The lowest BCUT2D eigenvalue weighted by Gasteiger charge is -2.22. The van der Waals surface area contributed by atoms with Gasteiger partial charge in [-0.05, 0) is 45.9 Å². The van der Waals surface area contributed by atoms with Crippen LogP contribution in [0, 0.1) is 18.8 Å². The zero-order chi connectivity index (χ0) is 26.3. The van der Waals surface area contributed by atoms with Gasteiger partial charge in [-0.25, -0.2) is 14.5 Å². The monoisotopic (exact) mass is 494 g/mol. The van der Waals surface area contributed by atoms with Gasteiger partial charge < -0.3 is 5.32 Å². The fourth-order valence-electron chi connectivity index (χ4n) is 4.39. The summed E-state index contributed by atoms with van der Waals surface area (Å²) in [5.41, 5.74) is 3.07. The molecule has 0 aliphatic heterocycles. The average molecular weight is 495 g/mol. The lowest BCUT2D eigenvalue weighted by molar-refractivity contribution is 0.0938. The fraction of sp³-hybridized carbons (Fsp3) is 0.259. The maximum Gasteiger partial charge on any atom is 0.262 e. The molecule has 1 N–H and O–H groups in total. The van der Waals surface area contributed by atoms with Gasteiger partial charge in [-0.1, -0.05) is 17.9 Å². The summed E-state index contributed by atoms with van der Waals surface area (Å²) in [6.45, 7) is 7.40. The van der Waals surface area contributed by atoms with Crippen LogP contribution in [-0.2, 0) is 7.05 Å². The van der Waals surface area contributed by atoms with E-state index in [4.69, 9.17) is 4.98 Å². The second-order valence-corrected chi connectivity index (χ2v) is 9.13. The van der Waals surface area contributed by atoms with Crippen molar-refractivity contribution in [1.82, 2.24) is 39.2 Å². The van der Waals surface area contributed by atoms with Gasteiger partial charge >= 0.3 is 0 Å². The third kappa shape index (κ3) is 4.36. The molecule has 4 heterocycles. The molecular formula is C27H26N8O2. The Morgan fingerprint density at radius 2 is 1.95 bits per heavy atom. The predicted molar refractivity (Wildman–Crippen MR) is 139 cm³/mol. The maximum absolute atomic E-state index is 13.8. The zero-order valence-corrected chi connectivity index (χ0v) is 21.2. The second kappa shape index (κ2) is 9.35. The molecule has 0 saturated heterocycles. The summed E-state index contributed by atoms with van der Waals surface area (Å²) < 4.78 is 4.86. The predicted octanol–water partition coefficient (Wildman–Crippen LogP) is 2.95. The number of rotatable bonds is 4. The molecule has 0 saturated carbocycles. The van der Waals surface area contributed by atoms with Gasteiger partial charge in [0.1, 0.15) is 11.4 Å². The summed E-state index contributed by atoms with van der Waals surface area (Å²) in [6, 6.07) is 6.41. The molecule has 0 spiro atoms. The molecule has 5 rings (SSSR count). The molecule has 1 unspecified atom stereocenters. The Morgan fingerprint density at radius 3 is 2.68 bits per heavy atom. The second-order valence-electron chi connectivity index (χ2n) is 9.13. The number of carbonyl (C=O) groups is 1. The molecule has 5 aromatic rings. The highest BCUT2D eigenvalue weighted by Crippen LogP contribution is 2.21. The van der Waals surface area contributed by atoms with Crippen molar-refractivity contribution in [3.63, 3.8) is 0 Å². The van der Waals surface area contributed by atoms with Crippen LogP contribution < -0.4 is 10.9 Å². The molecule has 10 nitrogen and oxygen atoms in total. The van der Waals surface area contributed by atoms with Crippen molar-refractivity contribution < 1.29 is 4.79 Å². The number of amides is 1. The highest BCUT2D eigenvalue weighted by Gasteiger charge is 2.24. The summed E-state index contributed by atoms with van der Waals surface area (Å²) >= 11 is 0. The number of fused-ring (bicyclic) bond motifs is 2. The number of carbonyl (C=O) groups excluding carboxylic acids is 1. The van der Waals surface area contributed by atoms with Gasteiger partial charge in [0.15, 0.2) is 5.65 Å². The molecule has 0 fully saturated rings. The maximum atomic E-state index is 13.8. The van der Waals surface area contributed by atoms with Gasteiger partial charge in [-0.15, -0.1) is 0 Å². The molecular weight excluding hydrogens is 468 g/mol. The Balaban J connectivity index is 1.57. The van der Waals surface area contributed by atoms with Crippen LogP contribution in [0.1, 0.15) is 65.9 Å². The van der Waals surface area contributed by atoms with Crippen molar-refractivity contribution in [1.29, 1.82) is 0 Å². The van der Waals surface area contributed by atoms with Gasteiger partial charge in [0.05, 0.1) is 34.4 Å². The van der Waals surface area contributed by atoms with E-state index in [2.05, 4.69) is 32.3 Å². The van der Waals surface area contributed by atoms with E-state index < -0.39 is 6.04 Å². The number of hydrogen-bond acceptors (Lipinski definition) is 6. The van der Waals surface area contributed by atoms with E-state index in [9.17, 15) is 9.59 Å². The van der Waals surface area contributed by atoms with Crippen molar-refractivity contribution in [3.05, 3.63) is 87.6 Å². The number of nitrogens with one attached hydrogen (secondary N) is 1. The summed E-state index contributed by atoms with van der Waals surface area (Å²) in [7, 11) is 1.82. The van der Waals surface area contributed by atoms with Crippen LogP contribution in [0.2, 0.25) is 0 Å². The highest BCUT2D eigenvalue weighted by atomic mass is 16.2. The van der Waals surface area contributed by atoms with E-state index in [0.717, 1.165) is 5.56 Å². The van der Waals surface area contributed by atoms with Crippen LogP contribution >= 0.6 is 0 Å². The Morgan fingerprint density at radius 1 is 1.14 bits per heavy atom. The molecule has 0 aliphatic rings. The molecule has 1 atom stereocenters. The summed E-state index contributed by atoms with van der Waals surface area (Å²) in [6.07, 6.45) is 6.84. The van der Waals surface area contributed by atoms with Crippen molar-refractivity contribution in [2.75, 3.05) is 0 Å². The molecule has 1 amide bonds. The van der Waals surface area contributed by atoms with Gasteiger partial charge in [0.2, 0.25) is 0 Å². The first-order valence-electron chi connectivity index (χ1n) is 11.9. The summed E-state index contributed by atoms with van der Waals surface area (Å²) in [5, 5.41) is 11.9. The van der Waals surface area contributed by atoms with E-state index in [1.54, 1.807) is 51.4 Å². The normalized spacial score (nSPS) is 12.1. The van der Waals surface area contributed by atoms with Crippen molar-refractivity contribution in [3.8, 4) is 11.8 Å². The quantitative estimate of drug-likeness (QED) is 0.385. The Bertz CT molecular complexity index is 1780. The van der Waals surface area contributed by atoms with E-state index in [1.807, 2.05) is 46.1 Å². The van der Waals surface area contributed by atoms with Gasteiger partial charge in [-0.3, -0.25) is 18.8 Å². The van der Waals surface area contributed by atoms with Crippen molar-refractivity contribution in [2.45, 2.75) is 39.8 Å². The number of nitrogens with zero attached hydrogens (tertiary/aromatic N) is 7. The van der Waals surface area contributed by atoms with E-state index >= 15 is 0 Å². The lowest BCUT2D eigenvalue weighted by atomic mass is 10.1. The third-order valence-corrected chi connectivity index (χ3v) is 6.05. The van der Waals surface area contributed by atoms with Crippen LogP contribution in [0.25, 0.3) is 16.6 Å². The average Bonchev–Trinajstić information content (AvgIpc) is 3.43. The Hall–Kier alpha value is -4.78. The molecule has 0 radical (unpaired) electrons. The van der Waals surface area contributed by atoms with Crippen LogP contribution in [0.3, 0.4) is 0 Å². The fourth-order valence-corrected chi connectivity index (χ4v) is 4.39. The smallest absolute Gasteiger partial charge is 0.262 e. The van der Waals surface area contributed by atoms with Crippen LogP contribution in [-0.4, -0.2) is 39.8 Å². The first kappa shape index (κ1) is 23.9. The first-order valence-corrected chi connectivity index (χ1v) is 11.9. The van der Waals surface area contributed by atoms with Gasteiger partial charge in [-0.2, -0.15) is 10.2 Å². The lowest BCUT2D eigenvalue weighted by Crippen LogP contribution is -2.35. The summed E-state index contributed by atoms with van der Waals surface area (Å²) in [5.74, 6) is 6.30. The Labute approximate surface area is 213 Å². The van der Waals surface area contributed by atoms with Gasteiger partial charge in [0.25, 0.3) is 11.5 Å². The first-order chi connectivity index (χ1) is 17.7. The zero-order valence-electron chi connectivity index (χ0n) is 21.2. The van der Waals surface area contributed by atoms with E-state index in [-0.39, 0.29) is 17.5 Å². The van der Waals surface area contributed by atoms with Crippen LogP contribution in [0.5, 0.6) is 0 Å². The molecule has 0 bridgehead atoms. The molecule has 10 heteroatoms. The third-order valence-electron chi connectivity index (χ3n) is 6.05. The molecule has 4 aromatic heterocycles. The number of aromatic nitrogens is 7. The minimum absolute atomic E-state index is 0.196. The molecule has 1 aromatic carbocycles. The largest absolute Gasteiger partial charge is 0.342 e. The Kier molecular flexibility index (Phi) is 6.05. The molecule has 37 heavy (non-hydrogen) atoms. The van der Waals surface area contributed by atoms with Crippen molar-refractivity contribution in [2.24, 2.45) is 7.05 Å². The topological polar surface area (TPSA) is 112 Å². The SMILES string of the molecule is Cc1nn2cccnc2c1C(=O)NC(C)c1nc2cccc(C#Cc3cnn(C)c3)c2c(=O)n1C(C)C. The van der Waals surface area contributed by atoms with E-state index in [0.29, 0.717) is 39.2 Å². The molecule has 0 aliphatic carbocycles. The van der Waals surface area contributed by atoms with Crippen LogP contribution in [0.15, 0.2) is 53.8 Å².